The fourth-order valence-electron chi connectivity index (χ4n) is 2.57. The lowest BCUT2D eigenvalue weighted by molar-refractivity contribution is 0.277. The third-order valence-electron chi connectivity index (χ3n) is 3.64. The molecule has 104 valence electrons. The van der Waals surface area contributed by atoms with Crippen LogP contribution < -0.4 is 4.90 Å². The minimum Gasteiger partial charge on any atom is -0.390 e. The van der Waals surface area contributed by atoms with Crippen molar-refractivity contribution < 1.29 is 5.11 Å². The van der Waals surface area contributed by atoms with Gasteiger partial charge >= 0.3 is 0 Å². The van der Waals surface area contributed by atoms with Gasteiger partial charge in [-0.1, -0.05) is 30.3 Å². The van der Waals surface area contributed by atoms with Crippen LogP contribution in [-0.2, 0) is 6.61 Å². The highest BCUT2D eigenvalue weighted by molar-refractivity contribution is 5.58. The Hall–Kier alpha value is -1.94. The summed E-state index contributed by atoms with van der Waals surface area (Å²) in [6.07, 6.45) is 3.71. The third-order valence-corrected chi connectivity index (χ3v) is 3.64. The van der Waals surface area contributed by atoms with Crippen LogP contribution in [0.1, 0.15) is 25.0 Å². The van der Waals surface area contributed by atoms with Crippen molar-refractivity contribution >= 4 is 5.82 Å². The molecule has 0 amide bonds. The van der Waals surface area contributed by atoms with Crippen LogP contribution in [0, 0.1) is 0 Å². The highest BCUT2D eigenvalue weighted by atomic mass is 16.3. The number of aliphatic hydroxyl groups is 1. The topological polar surface area (TPSA) is 49.2 Å². The van der Waals surface area contributed by atoms with E-state index in [0.29, 0.717) is 11.5 Å². The zero-order valence-corrected chi connectivity index (χ0v) is 11.5. The second-order valence-electron chi connectivity index (χ2n) is 5.11. The Morgan fingerprint density at radius 1 is 1.00 bits per heavy atom. The first-order valence-electron chi connectivity index (χ1n) is 7.16. The summed E-state index contributed by atoms with van der Waals surface area (Å²) in [5.41, 5.74) is 1.67. The fraction of sp³-hybridized carbons (Fsp3) is 0.375. The van der Waals surface area contributed by atoms with Gasteiger partial charge in [-0.05, 0) is 19.3 Å². The summed E-state index contributed by atoms with van der Waals surface area (Å²) in [6.45, 7) is 2.02. The molecule has 3 rings (SSSR count). The van der Waals surface area contributed by atoms with E-state index in [9.17, 15) is 5.11 Å². The Morgan fingerprint density at radius 2 is 1.75 bits per heavy atom. The summed E-state index contributed by atoms with van der Waals surface area (Å²) in [5, 5.41) is 9.42. The van der Waals surface area contributed by atoms with Crippen LogP contribution >= 0.6 is 0 Å². The Morgan fingerprint density at radius 3 is 2.45 bits per heavy atom. The quantitative estimate of drug-likeness (QED) is 0.930. The van der Waals surface area contributed by atoms with Crippen molar-refractivity contribution in [1.29, 1.82) is 0 Å². The number of rotatable bonds is 3. The summed E-state index contributed by atoms with van der Waals surface area (Å²) in [7, 11) is 0. The normalized spacial score (nSPS) is 15.3. The van der Waals surface area contributed by atoms with Crippen molar-refractivity contribution in [2.45, 2.75) is 25.9 Å². The van der Waals surface area contributed by atoms with Crippen molar-refractivity contribution in [3.8, 4) is 11.4 Å². The summed E-state index contributed by atoms with van der Waals surface area (Å²) >= 11 is 0. The lowest BCUT2D eigenvalue weighted by Crippen LogP contribution is -2.30. The highest BCUT2D eigenvalue weighted by Gasteiger charge is 2.15. The SMILES string of the molecule is OCc1cc(N2CCCCC2)nc(-c2ccccc2)n1. The van der Waals surface area contributed by atoms with Gasteiger partial charge < -0.3 is 10.0 Å². The lowest BCUT2D eigenvalue weighted by Gasteiger charge is -2.28. The highest BCUT2D eigenvalue weighted by Crippen LogP contribution is 2.22. The standard InChI is InChI=1S/C16H19N3O/c20-12-14-11-15(19-9-5-2-6-10-19)18-16(17-14)13-7-3-1-4-8-13/h1,3-4,7-8,11,20H,2,5-6,9-10,12H2. The minimum atomic E-state index is -0.0524. The van der Waals surface area contributed by atoms with Crippen molar-refractivity contribution in [3.05, 3.63) is 42.1 Å². The predicted octanol–water partition coefficient (Wildman–Crippen LogP) is 2.63. The first-order valence-corrected chi connectivity index (χ1v) is 7.16. The van der Waals surface area contributed by atoms with Gasteiger partial charge in [-0.15, -0.1) is 0 Å². The molecule has 0 saturated carbocycles. The molecule has 0 radical (unpaired) electrons. The molecule has 0 aliphatic carbocycles. The number of aromatic nitrogens is 2. The number of hydrogen-bond donors (Lipinski definition) is 1. The number of aliphatic hydroxyl groups excluding tert-OH is 1. The van der Waals surface area contributed by atoms with E-state index < -0.39 is 0 Å². The van der Waals surface area contributed by atoms with Gasteiger partial charge in [-0.25, -0.2) is 9.97 Å². The predicted molar refractivity (Wildman–Crippen MR) is 79.5 cm³/mol. The maximum Gasteiger partial charge on any atom is 0.161 e. The van der Waals surface area contributed by atoms with Crippen LogP contribution in [0.25, 0.3) is 11.4 Å². The van der Waals surface area contributed by atoms with Gasteiger partial charge in [0.2, 0.25) is 0 Å². The van der Waals surface area contributed by atoms with Gasteiger partial charge in [-0.3, -0.25) is 0 Å². The van der Waals surface area contributed by atoms with Gasteiger partial charge in [-0.2, -0.15) is 0 Å². The van der Waals surface area contributed by atoms with Gasteiger partial charge in [0.05, 0.1) is 12.3 Å². The van der Waals surface area contributed by atoms with E-state index in [-0.39, 0.29) is 6.61 Å². The first kappa shape index (κ1) is 13.1. The second kappa shape index (κ2) is 6.01. The van der Waals surface area contributed by atoms with Crippen LogP contribution in [0.4, 0.5) is 5.82 Å². The van der Waals surface area contributed by atoms with E-state index >= 15 is 0 Å². The third kappa shape index (κ3) is 2.80. The molecule has 2 heterocycles. The van der Waals surface area contributed by atoms with E-state index in [0.717, 1.165) is 24.5 Å². The maximum atomic E-state index is 9.42. The molecule has 0 unspecified atom stereocenters. The van der Waals surface area contributed by atoms with E-state index in [4.69, 9.17) is 0 Å². The minimum absolute atomic E-state index is 0.0524. The summed E-state index contributed by atoms with van der Waals surface area (Å²) in [4.78, 5) is 11.4. The molecule has 1 N–H and O–H groups in total. The van der Waals surface area contributed by atoms with Crippen LogP contribution in [0.5, 0.6) is 0 Å². The van der Waals surface area contributed by atoms with Crippen LogP contribution in [-0.4, -0.2) is 28.2 Å². The molecule has 20 heavy (non-hydrogen) atoms. The van der Waals surface area contributed by atoms with Crippen LogP contribution in [0.15, 0.2) is 36.4 Å². The molecule has 1 saturated heterocycles. The lowest BCUT2D eigenvalue weighted by atomic mass is 10.1. The molecule has 1 fully saturated rings. The molecule has 1 aliphatic heterocycles. The molecule has 4 nitrogen and oxygen atoms in total. The van der Waals surface area contributed by atoms with Gasteiger partial charge in [0.15, 0.2) is 5.82 Å². The zero-order valence-electron chi connectivity index (χ0n) is 11.5. The smallest absolute Gasteiger partial charge is 0.161 e. The number of hydrogen-bond acceptors (Lipinski definition) is 4. The largest absolute Gasteiger partial charge is 0.390 e. The Balaban J connectivity index is 1.98. The van der Waals surface area contributed by atoms with Crippen molar-refractivity contribution in [3.63, 3.8) is 0 Å². The Kier molecular flexibility index (Phi) is 3.92. The van der Waals surface area contributed by atoms with E-state index in [1.165, 1.54) is 19.3 Å². The van der Waals surface area contributed by atoms with Gasteiger partial charge in [0.25, 0.3) is 0 Å². The number of benzene rings is 1. The van der Waals surface area contributed by atoms with Crippen molar-refractivity contribution in [2.24, 2.45) is 0 Å². The van der Waals surface area contributed by atoms with E-state index in [1.54, 1.807) is 0 Å². The van der Waals surface area contributed by atoms with Crippen LogP contribution in [0.2, 0.25) is 0 Å². The fourth-order valence-corrected chi connectivity index (χ4v) is 2.57. The summed E-state index contributed by atoms with van der Waals surface area (Å²) in [5.74, 6) is 1.63. The molecular formula is C16H19N3O. The van der Waals surface area contributed by atoms with Crippen LogP contribution in [0.3, 0.4) is 0 Å². The number of piperidine rings is 1. The molecule has 0 bridgehead atoms. The summed E-state index contributed by atoms with van der Waals surface area (Å²) < 4.78 is 0. The molecule has 0 atom stereocenters. The molecule has 4 heteroatoms. The first-order chi connectivity index (χ1) is 9.86. The molecule has 1 aromatic heterocycles. The average molecular weight is 269 g/mol. The van der Waals surface area contributed by atoms with E-state index in [1.807, 2.05) is 36.4 Å². The number of nitrogens with zero attached hydrogens (tertiary/aromatic N) is 3. The van der Waals surface area contributed by atoms with E-state index in [2.05, 4.69) is 14.9 Å². The van der Waals surface area contributed by atoms with Crippen molar-refractivity contribution in [1.82, 2.24) is 9.97 Å². The molecule has 1 aliphatic rings. The van der Waals surface area contributed by atoms with Gasteiger partial charge in [0, 0.05) is 24.7 Å². The maximum absolute atomic E-state index is 9.42. The number of anilines is 1. The molecule has 2 aromatic rings. The monoisotopic (exact) mass is 269 g/mol. The zero-order chi connectivity index (χ0) is 13.8. The van der Waals surface area contributed by atoms with Crippen molar-refractivity contribution in [2.75, 3.05) is 18.0 Å². The average Bonchev–Trinajstić information content (AvgIpc) is 2.56. The van der Waals surface area contributed by atoms with Gasteiger partial charge in [0.1, 0.15) is 5.82 Å². The molecule has 0 spiro atoms. The molecular weight excluding hydrogens is 250 g/mol. The second-order valence-corrected chi connectivity index (χ2v) is 5.11. The molecule has 1 aromatic carbocycles. The Labute approximate surface area is 119 Å². The Bertz CT molecular complexity index is 565. The summed E-state index contributed by atoms with van der Waals surface area (Å²) in [6, 6.07) is 11.8.